The monoisotopic (exact) mass is 289 g/mol. The number of aryl methyl sites for hydroxylation is 1. The number of hydrogen-bond donors (Lipinski definition) is 1. The average Bonchev–Trinajstić information content (AvgIpc) is 2.78. The fraction of sp³-hybridized carbons (Fsp3) is 0.562. The third-order valence-electron chi connectivity index (χ3n) is 4.06. The van der Waals surface area contributed by atoms with Crippen molar-refractivity contribution in [2.75, 3.05) is 19.6 Å². The summed E-state index contributed by atoms with van der Waals surface area (Å²) in [5.41, 5.74) is 2.94. The number of aliphatic hydroxyl groups is 1. The largest absolute Gasteiger partial charge is 0.387 e. The van der Waals surface area contributed by atoms with Crippen molar-refractivity contribution >= 4 is 11.0 Å². The summed E-state index contributed by atoms with van der Waals surface area (Å²) in [5, 5.41) is 10.5. The quantitative estimate of drug-likeness (QED) is 0.934. The maximum atomic E-state index is 10.5. The summed E-state index contributed by atoms with van der Waals surface area (Å²) in [7, 11) is 1.97. The normalized spacial score (nSPS) is 25.3. The lowest BCUT2D eigenvalue weighted by Crippen LogP contribution is -2.46. The number of hydrogen-bond acceptors (Lipinski definition) is 4. The Kier molecular flexibility index (Phi) is 3.97. The second-order valence-electron chi connectivity index (χ2n) is 6.10. The molecular weight excluding hydrogens is 266 g/mol. The molecule has 3 unspecified atom stereocenters. The van der Waals surface area contributed by atoms with E-state index in [1.165, 1.54) is 0 Å². The maximum absolute atomic E-state index is 10.5. The van der Waals surface area contributed by atoms with Gasteiger partial charge in [-0.1, -0.05) is 6.07 Å². The van der Waals surface area contributed by atoms with E-state index in [2.05, 4.69) is 23.7 Å². The van der Waals surface area contributed by atoms with E-state index in [0.717, 1.165) is 29.7 Å². The van der Waals surface area contributed by atoms with E-state index < -0.39 is 6.10 Å². The average molecular weight is 289 g/mol. The highest BCUT2D eigenvalue weighted by Gasteiger charge is 2.24. The molecule has 3 rings (SSSR count). The second kappa shape index (κ2) is 5.75. The van der Waals surface area contributed by atoms with Crippen molar-refractivity contribution in [2.45, 2.75) is 32.2 Å². The first-order chi connectivity index (χ1) is 10.0. The molecule has 1 aliphatic rings. The van der Waals surface area contributed by atoms with E-state index in [1.807, 2.05) is 29.8 Å². The Labute approximate surface area is 125 Å². The van der Waals surface area contributed by atoms with Gasteiger partial charge in [0.2, 0.25) is 0 Å². The van der Waals surface area contributed by atoms with E-state index in [4.69, 9.17) is 4.74 Å². The van der Waals surface area contributed by atoms with E-state index in [9.17, 15) is 5.11 Å². The SMILES string of the molecule is CC1CN(CC(O)c2ccc3c(c2)ncn3C)CC(C)O1. The van der Waals surface area contributed by atoms with Gasteiger partial charge in [0.1, 0.15) is 0 Å². The van der Waals surface area contributed by atoms with Crippen molar-refractivity contribution in [3.63, 3.8) is 0 Å². The zero-order valence-corrected chi connectivity index (χ0v) is 12.9. The van der Waals surface area contributed by atoms with Crippen LogP contribution in [0, 0.1) is 0 Å². The molecule has 1 N–H and O–H groups in total. The summed E-state index contributed by atoms with van der Waals surface area (Å²) in [6.45, 7) is 6.53. The molecule has 5 heteroatoms. The Hall–Kier alpha value is -1.43. The molecule has 0 radical (unpaired) electrons. The van der Waals surface area contributed by atoms with Gasteiger partial charge in [-0.15, -0.1) is 0 Å². The van der Waals surface area contributed by atoms with Gasteiger partial charge < -0.3 is 14.4 Å². The standard InChI is InChI=1S/C16H23N3O2/c1-11-7-19(8-12(2)21-11)9-16(20)13-4-5-15-14(6-13)17-10-18(15)3/h4-6,10-12,16,20H,7-9H2,1-3H3. The Balaban J connectivity index is 1.72. The first kappa shape index (κ1) is 14.5. The van der Waals surface area contributed by atoms with Crippen LogP contribution in [0.15, 0.2) is 24.5 Å². The van der Waals surface area contributed by atoms with E-state index in [-0.39, 0.29) is 12.2 Å². The number of morpholine rings is 1. The third kappa shape index (κ3) is 3.10. The molecule has 3 atom stereocenters. The number of rotatable bonds is 3. The number of imidazole rings is 1. The topological polar surface area (TPSA) is 50.5 Å². The van der Waals surface area contributed by atoms with Gasteiger partial charge in [0.05, 0.1) is 35.7 Å². The molecule has 2 aromatic rings. The van der Waals surface area contributed by atoms with Crippen LogP contribution in [-0.4, -0.2) is 51.4 Å². The number of benzene rings is 1. The summed E-state index contributed by atoms with van der Waals surface area (Å²) in [6.07, 6.45) is 1.75. The molecule has 0 aliphatic carbocycles. The number of nitrogens with zero attached hydrogens (tertiary/aromatic N) is 3. The van der Waals surface area contributed by atoms with Crippen LogP contribution >= 0.6 is 0 Å². The lowest BCUT2D eigenvalue weighted by Gasteiger charge is -2.36. The number of ether oxygens (including phenoxy) is 1. The van der Waals surface area contributed by atoms with Crippen LogP contribution in [0.5, 0.6) is 0 Å². The lowest BCUT2D eigenvalue weighted by atomic mass is 10.1. The van der Waals surface area contributed by atoms with E-state index >= 15 is 0 Å². The molecule has 1 aliphatic heterocycles. The fourth-order valence-corrected chi connectivity index (χ4v) is 3.14. The number of aliphatic hydroxyl groups excluding tert-OH is 1. The smallest absolute Gasteiger partial charge is 0.0955 e. The second-order valence-corrected chi connectivity index (χ2v) is 6.10. The van der Waals surface area contributed by atoms with Gasteiger partial charge >= 0.3 is 0 Å². The Morgan fingerprint density at radius 3 is 2.76 bits per heavy atom. The van der Waals surface area contributed by atoms with Crippen LogP contribution in [0.3, 0.4) is 0 Å². The summed E-state index contributed by atoms with van der Waals surface area (Å²) >= 11 is 0. The Morgan fingerprint density at radius 1 is 1.33 bits per heavy atom. The third-order valence-corrected chi connectivity index (χ3v) is 4.06. The molecule has 5 nitrogen and oxygen atoms in total. The predicted molar refractivity (Wildman–Crippen MR) is 82.1 cm³/mol. The van der Waals surface area contributed by atoms with Crippen LogP contribution in [0.2, 0.25) is 0 Å². The first-order valence-electron chi connectivity index (χ1n) is 7.50. The molecule has 114 valence electrons. The van der Waals surface area contributed by atoms with Crippen LogP contribution in [0.4, 0.5) is 0 Å². The molecule has 1 saturated heterocycles. The number of fused-ring (bicyclic) bond motifs is 1. The Morgan fingerprint density at radius 2 is 2.05 bits per heavy atom. The summed E-state index contributed by atoms with van der Waals surface area (Å²) < 4.78 is 7.71. The van der Waals surface area contributed by atoms with E-state index in [1.54, 1.807) is 6.33 Å². The molecule has 1 fully saturated rings. The Bertz CT molecular complexity index is 615. The van der Waals surface area contributed by atoms with Crippen LogP contribution in [0.25, 0.3) is 11.0 Å². The minimum absolute atomic E-state index is 0.222. The van der Waals surface area contributed by atoms with Crippen LogP contribution in [0.1, 0.15) is 25.5 Å². The maximum Gasteiger partial charge on any atom is 0.0955 e. The molecule has 0 saturated carbocycles. The lowest BCUT2D eigenvalue weighted by molar-refractivity contribution is -0.0767. The van der Waals surface area contributed by atoms with Gasteiger partial charge in [-0.2, -0.15) is 0 Å². The van der Waals surface area contributed by atoms with Gasteiger partial charge in [-0.05, 0) is 31.5 Å². The van der Waals surface area contributed by atoms with Crippen molar-refractivity contribution in [1.82, 2.24) is 14.5 Å². The van der Waals surface area contributed by atoms with Crippen molar-refractivity contribution in [3.05, 3.63) is 30.1 Å². The highest BCUT2D eigenvalue weighted by Crippen LogP contribution is 2.21. The van der Waals surface area contributed by atoms with Gasteiger partial charge in [-0.3, -0.25) is 4.90 Å². The fourth-order valence-electron chi connectivity index (χ4n) is 3.14. The molecule has 2 heterocycles. The van der Waals surface area contributed by atoms with Gasteiger partial charge in [0, 0.05) is 26.7 Å². The van der Waals surface area contributed by atoms with Crippen molar-refractivity contribution in [1.29, 1.82) is 0 Å². The number of aromatic nitrogens is 2. The van der Waals surface area contributed by atoms with Crippen molar-refractivity contribution < 1.29 is 9.84 Å². The minimum Gasteiger partial charge on any atom is -0.387 e. The zero-order valence-electron chi connectivity index (χ0n) is 12.9. The highest BCUT2D eigenvalue weighted by atomic mass is 16.5. The summed E-state index contributed by atoms with van der Waals surface area (Å²) in [6, 6.07) is 5.99. The van der Waals surface area contributed by atoms with Crippen molar-refractivity contribution in [3.8, 4) is 0 Å². The van der Waals surface area contributed by atoms with Gasteiger partial charge in [0.15, 0.2) is 0 Å². The van der Waals surface area contributed by atoms with Gasteiger partial charge in [-0.25, -0.2) is 4.98 Å². The molecule has 0 bridgehead atoms. The number of β-amino-alcohol motifs (C(OH)–C–C–N with tert-alkyl or cyclic N) is 1. The predicted octanol–water partition coefficient (Wildman–Crippen LogP) is 1.72. The molecule has 1 aromatic heterocycles. The molecular formula is C16H23N3O2. The van der Waals surface area contributed by atoms with Gasteiger partial charge in [0.25, 0.3) is 0 Å². The molecule has 0 amide bonds. The summed E-state index contributed by atoms with van der Waals surface area (Å²) in [4.78, 5) is 6.62. The van der Waals surface area contributed by atoms with Crippen molar-refractivity contribution in [2.24, 2.45) is 7.05 Å². The molecule has 0 spiro atoms. The van der Waals surface area contributed by atoms with Crippen LogP contribution in [-0.2, 0) is 11.8 Å². The zero-order chi connectivity index (χ0) is 15.0. The first-order valence-corrected chi connectivity index (χ1v) is 7.50. The van der Waals surface area contributed by atoms with E-state index in [0.29, 0.717) is 6.54 Å². The molecule has 1 aromatic carbocycles. The highest BCUT2D eigenvalue weighted by molar-refractivity contribution is 5.76. The van der Waals surface area contributed by atoms with Crippen LogP contribution < -0.4 is 0 Å². The summed E-state index contributed by atoms with van der Waals surface area (Å²) in [5.74, 6) is 0. The minimum atomic E-state index is -0.492. The molecule has 21 heavy (non-hydrogen) atoms.